The Morgan fingerprint density at radius 3 is 3.00 bits per heavy atom. The Morgan fingerprint density at radius 2 is 2.45 bits per heavy atom. The molecule has 0 amide bonds. The van der Waals surface area contributed by atoms with Crippen LogP contribution in [0.25, 0.3) is 0 Å². The lowest BCUT2D eigenvalue weighted by molar-refractivity contribution is 0.724. The SMILES string of the molecule is C/C=C\C(C)Cc1ccsc1. The summed E-state index contributed by atoms with van der Waals surface area (Å²) in [6, 6.07) is 2.20. The number of thiophene rings is 1. The molecule has 1 heterocycles. The molecule has 1 heteroatoms. The fraction of sp³-hybridized carbons (Fsp3) is 0.400. The minimum atomic E-state index is 0.676. The van der Waals surface area contributed by atoms with E-state index in [1.165, 1.54) is 12.0 Å². The lowest BCUT2D eigenvalue weighted by Crippen LogP contribution is -1.93. The maximum absolute atomic E-state index is 2.25. The van der Waals surface area contributed by atoms with E-state index >= 15 is 0 Å². The molecule has 0 aliphatic carbocycles. The molecule has 0 saturated heterocycles. The largest absolute Gasteiger partial charge is 0.152 e. The van der Waals surface area contributed by atoms with Crippen LogP contribution in [0.15, 0.2) is 29.0 Å². The van der Waals surface area contributed by atoms with Crippen LogP contribution >= 0.6 is 11.3 Å². The van der Waals surface area contributed by atoms with Gasteiger partial charge in [0, 0.05) is 0 Å². The fourth-order valence-corrected chi connectivity index (χ4v) is 1.86. The number of hydrogen-bond acceptors (Lipinski definition) is 1. The summed E-state index contributed by atoms with van der Waals surface area (Å²) in [6.45, 7) is 4.32. The van der Waals surface area contributed by atoms with Gasteiger partial charge in [0.05, 0.1) is 0 Å². The van der Waals surface area contributed by atoms with Crippen LogP contribution in [0.3, 0.4) is 0 Å². The summed E-state index contributed by atoms with van der Waals surface area (Å²) in [5.74, 6) is 0.676. The van der Waals surface area contributed by atoms with E-state index in [2.05, 4.69) is 42.8 Å². The van der Waals surface area contributed by atoms with Crippen molar-refractivity contribution in [3.8, 4) is 0 Å². The highest BCUT2D eigenvalue weighted by Gasteiger charge is 1.98. The van der Waals surface area contributed by atoms with Crippen LogP contribution in [-0.4, -0.2) is 0 Å². The van der Waals surface area contributed by atoms with Crippen molar-refractivity contribution in [2.24, 2.45) is 5.92 Å². The van der Waals surface area contributed by atoms with Crippen LogP contribution in [0, 0.1) is 5.92 Å². The predicted molar refractivity (Wildman–Crippen MR) is 52.0 cm³/mol. The highest BCUT2D eigenvalue weighted by Crippen LogP contribution is 2.12. The molecule has 1 aromatic heterocycles. The van der Waals surface area contributed by atoms with E-state index < -0.39 is 0 Å². The molecule has 60 valence electrons. The molecule has 0 saturated carbocycles. The molecule has 11 heavy (non-hydrogen) atoms. The third kappa shape index (κ3) is 2.89. The Labute approximate surface area is 72.6 Å². The summed E-state index contributed by atoms with van der Waals surface area (Å²) < 4.78 is 0. The van der Waals surface area contributed by atoms with Crippen molar-refractivity contribution in [2.75, 3.05) is 0 Å². The van der Waals surface area contributed by atoms with Gasteiger partial charge in [0.2, 0.25) is 0 Å². The molecule has 1 atom stereocenters. The first-order valence-electron chi connectivity index (χ1n) is 3.97. The monoisotopic (exact) mass is 166 g/mol. The van der Waals surface area contributed by atoms with Crippen LogP contribution in [0.2, 0.25) is 0 Å². The Balaban J connectivity index is 2.43. The van der Waals surface area contributed by atoms with Crippen molar-refractivity contribution in [1.29, 1.82) is 0 Å². The smallest absolute Gasteiger partial charge is 0.00610 e. The van der Waals surface area contributed by atoms with Crippen molar-refractivity contribution >= 4 is 11.3 Å². The molecule has 0 radical (unpaired) electrons. The average Bonchev–Trinajstić information content (AvgIpc) is 2.40. The average molecular weight is 166 g/mol. The van der Waals surface area contributed by atoms with Crippen LogP contribution in [0.5, 0.6) is 0 Å². The van der Waals surface area contributed by atoms with Gasteiger partial charge in [-0.3, -0.25) is 0 Å². The van der Waals surface area contributed by atoms with Gasteiger partial charge in [-0.05, 0) is 41.7 Å². The molecular weight excluding hydrogens is 152 g/mol. The van der Waals surface area contributed by atoms with Crippen molar-refractivity contribution in [3.63, 3.8) is 0 Å². The summed E-state index contributed by atoms with van der Waals surface area (Å²) in [7, 11) is 0. The lowest BCUT2D eigenvalue weighted by atomic mass is 10.0. The molecule has 1 rings (SSSR count). The normalized spacial score (nSPS) is 14.0. The molecule has 0 aliphatic rings. The van der Waals surface area contributed by atoms with Crippen LogP contribution < -0.4 is 0 Å². The highest BCUT2D eigenvalue weighted by molar-refractivity contribution is 7.07. The van der Waals surface area contributed by atoms with E-state index in [4.69, 9.17) is 0 Å². The summed E-state index contributed by atoms with van der Waals surface area (Å²) in [5, 5.41) is 4.36. The molecule has 1 unspecified atom stereocenters. The zero-order valence-corrected chi connectivity index (χ0v) is 7.90. The Morgan fingerprint density at radius 1 is 1.64 bits per heavy atom. The molecule has 0 aliphatic heterocycles. The van der Waals surface area contributed by atoms with Crippen LogP contribution in [0.1, 0.15) is 19.4 Å². The minimum absolute atomic E-state index is 0.676. The standard InChI is InChI=1S/C10H14S/c1-3-4-9(2)7-10-5-6-11-8-10/h3-6,8-9H,7H2,1-2H3/b4-3-. The van der Waals surface area contributed by atoms with E-state index in [9.17, 15) is 0 Å². The number of rotatable bonds is 3. The fourth-order valence-electron chi connectivity index (χ4n) is 1.18. The van der Waals surface area contributed by atoms with E-state index in [-0.39, 0.29) is 0 Å². The first kappa shape index (κ1) is 8.54. The van der Waals surface area contributed by atoms with Gasteiger partial charge in [0.25, 0.3) is 0 Å². The first-order chi connectivity index (χ1) is 5.33. The Bertz CT molecular complexity index is 209. The van der Waals surface area contributed by atoms with Crippen molar-refractivity contribution in [2.45, 2.75) is 20.3 Å². The second-order valence-corrected chi connectivity index (χ2v) is 3.62. The van der Waals surface area contributed by atoms with Gasteiger partial charge < -0.3 is 0 Å². The molecule has 1 aromatic rings. The van der Waals surface area contributed by atoms with Crippen molar-refractivity contribution in [1.82, 2.24) is 0 Å². The minimum Gasteiger partial charge on any atom is -0.152 e. The third-order valence-corrected chi connectivity index (χ3v) is 2.39. The zero-order chi connectivity index (χ0) is 8.10. The maximum atomic E-state index is 2.25. The summed E-state index contributed by atoms with van der Waals surface area (Å²) >= 11 is 1.78. The van der Waals surface area contributed by atoms with Crippen LogP contribution in [0.4, 0.5) is 0 Å². The van der Waals surface area contributed by atoms with Crippen molar-refractivity contribution in [3.05, 3.63) is 34.5 Å². The van der Waals surface area contributed by atoms with E-state index in [0.717, 1.165) is 0 Å². The second-order valence-electron chi connectivity index (χ2n) is 2.84. The summed E-state index contributed by atoms with van der Waals surface area (Å²) in [6.07, 6.45) is 5.54. The first-order valence-corrected chi connectivity index (χ1v) is 4.91. The van der Waals surface area contributed by atoms with E-state index in [1.54, 1.807) is 11.3 Å². The van der Waals surface area contributed by atoms with Gasteiger partial charge >= 0.3 is 0 Å². The van der Waals surface area contributed by atoms with Gasteiger partial charge in [-0.25, -0.2) is 0 Å². The molecule has 0 N–H and O–H groups in total. The summed E-state index contributed by atoms with van der Waals surface area (Å²) in [4.78, 5) is 0. The van der Waals surface area contributed by atoms with Gasteiger partial charge in [-0.15, -0.1) is 0 Å². The lowest BCUT2D eigenvalue weighted by Gasteiger charge is -2.02. The Kier molecular flexibility index (Phi) is 3.37. The molecule has 0 spiro atoms. The Hall–Kier alpha value is -0.560. The third-order valence-electron chi connectivity index (χ3n) is 1.66. The summed E-state index contributed by atoms with van der Waals surface area (Å²) in [5.41, 5.74) is 1.46. The topological polar surface area (TPSA) is 0 Å². The van der Waals surface area contributed by atoms with Gasteiger partial charge in [-0.2, -0.15) is 11.3 Å². The predicted octanol–water partition coefficient (Wildman–Crippen LogP) is 3.50. The van der Waals surface area contributed by atoms with Crippen LogP contribution in [-0.2, 0) is 6.42 Å². The molecular formula is C10H14S. The maximum Gasteiger partial charge on any atom is -0.00610 e. The van der Waals surface area contributed by atoms with Gasteiger partial charge in [-0.1, -0.05) is 19.1 Å². The molecule has 0 nitrogen and oxygen atoms in total. The quantitative estimate of drug-likeness (QED) is 0.603. The molecule has 0 fully saturated rings. The van der Waals surface area contributed by atoms with Gasteiger partial charge in [0.15, 0.2) is 0 Å². The molecule has 0 aromatic carbocycles. The second kappa shape index (κ2) is 4.35. The zero-order valence-electron chi connectivity index (χ0n) is 7.08. The van der Waals surface area contributed by atoms with E-state index in [1.807, 2.05) is 0 Å². The highest BCUT2D eigenvalue weighted by atomic mass is 32.1. The number of hydrogen-bond donors (Lipinski definition) is 0. The molecule has 0 bridgehead atoms. The number of allylic oxidation sites excluding steroid dienone is 2. The van der Waals surface area contributed by atoms with Gasteiger partial charge in [0.1, 0.15) is 0 Å². The van der Waals surface area contributed by atoms with Crippen molar-refractivity contribution < 1.29 is 0 Å². The van der Waals surface area contributed by atoms with E-state index in [0.29, 0.717) is 5.92 Å².